The van der Waals surface area contributed by atoms with E-state index in [0.717, 1.165) is 6.92 Å². The first-order valence-corrected chi connectivity index (χ1v) is 2.13. The van der Waals surface area contributed by atoms with E-state index < -0.39 is 5.92 Å². The van der Waals surface area contributed by atoms with Gasteiger partial charge in [-0.05, 0) is 6.92 Å². The zero-order valence-electron chi connectivity index (χ0n) is 4.76. The topological polar surface area (TPSA) is 0 Å². The summed E-state index contributed by atoms with van der Waals surface area (Å²) in [6, 6.07) is 0. The minimum atomic E-state index is -2.58. The third-order valence-electron chi connectivity index (χ3n) is 0.878. The smallest absolute Gasteiger partial charge is 0.207 e. The maximum atomic E-state index is 11.8. The molecule has 0 nitrogen and oxygen atoms in total. The maximum Gasteiger partial charge on any atom is 0.251 e. The van der Waals surface area contributed by atoms with Crippen LogP contribution in [-0.4, -0.2) is 5.92 Å². The van der Waals surface area contributed by atoms with Gasteiger partial charge < -0.3 is 0 Å². The van der Waals surface area contributed by atoms with Crippen LogP contribution in [0.3, 0.4) is 0 Å². The molecule has 2 heteroatoms. The van der Waals surface area contributed by atoms with Gasteiger partial charge in [-0.3, -0.25) is 0 Å². The number of hydrogen-bond donors (Lipinski definition) is 0. The van der Waals surface area contributed by atoms with Crippen LogP contribution in [0.2, 0.25) is 0 Å². The molecule has 0 atom stereocenters. The van der Waals surface area contributed by atoms with Gasteiger partial charge in [0.05, 0.1) is 0 Å². The third kappa shape index (κ3) is 2.54. The molecule has 43 valence electrons. The van der Waals surface area contributed by atoms with Gasteiger partial charge in [0.2, 0.25) is 0 Å². The molecule has 0 heterocycles. The van der Waals surface area contributed by atoms with Crippen molar-refractivity contribution in [1.82, 2.24) is 0 Å². The van der Waals surface area contributed by atoms with Crippen LogP contribution in [0.1, 0.15) is 20.8 Å². The third-order valence-corrected chi connectivity index (χ3v) is 0.878. The molecule has 0 spiro atoms. The molecular formula is C5H9F2. The Bertz CT molecular complexity index is 51.6. The van der Waals surface area contributed by atoms with Gasteiger partial charge >= 0.3 is 0 Å². The Morgan fingerprint density at radius 1 is 1.29 bits per heavy atom. The molecule has 0 aromatic heterocycles. The molecule has 0 unspecified atom stereocenters. The van der Waals surface area contributed by atoms with Crippen molar-refractivity contribution >= 4 is 0 Å². The predicted molar refractivity (Wildman–Crippen MR) is 25.2 cm³/mol. The summed E-state index contributed by atoms with van der Waals surface area (Å²) in [5, 5.41) is 0. The Hall–Kier alpha value is -0.140. The van der Waals surface area contributed by atoms with E-state index in [-0.39, 0.29) is 5.92 Å². The molecule has 0 bridgehead atoms. The van der Waals surface area contributed by atoms with Crippen molar-refractivity contribution in [1.29, 1.82) is 0 Å². The van der Waals surface area contributed by atoms with Crippen molar-refractivity contribution in [2.75, 3.05) is 0 Å². The molecule has 0 rings (SSSR count). The standard InChI is InChI=1S/C5H9F2/c1-4(2)5(3,6)7/h1-3H3. The van der Waals surface area contributed by atoms with Crippen molar-refractivity contribution in [3.63, 3.8) is 0 Å². The van der Waals surface area contributed by atoms with E-state index in [2.05, 4.69) is 0 Å². The van der Waals surface area contributed by atoms with E-state index >= 15 is 0 Å². The van der Waals surface area contributed by atoms with Gasteiger partial charge in [0.25, 0.3) is 5.92 Å². The average molecular weight is 107 g/mol. The number of alkyl halides is 2. The molecular weight excluding hydrogens is 98.1 g/mol. The molecule has 0 aliphatic carbocycles. The fourth-order valence-corrected chi connectivity index (χ4v) is 0. The van der Waals surface area contributed by atoms with Gasteiger partial charge in [-0.15, -0.1) is 0 Å². The van der Waals surface area contributed by atoms with Gasteiger partial charge in [-0.25, -0.2) is 8.78 Å². The second kappa shape index (κ2) is 1.76. The lowest BCUT2D eigenvalue weighted by atomic mass is 10.1. The van der Waals surface area contributed by atoms with Crippen molar-refractivity contribution in [3.8, 4) is 0 Å². The monoisotopic (exact) mass is 107 g/mol. The minimum Gasteiger partial charge on any atom is -0.207 e. The van der Waals surface area contributed by atoms with E-state index in [0.29, 0.717) is 0 Å². The van der Waals surface area contributed by atoms with E-state index in [1.165, 1.54) is 13.8 Å². The normalized spacial score (nSPS) is 12.9. The Labute approximate surface area is 42.5 Å². The number of hydrogen-bond acceptors (Lipinski definition) is 0. The first kappa shape index (κ1) is 6.86. The molecule has 7 heavy (non-hydrogen) atoms. The van der Waals surface area contributed by atoms with Gasteiger partial charge in [-0.1, -0.05) is 13.8 Å². The summed E-state index contributed by atoms with van der Waals surface area (Å²) < 4.78 is 23.6. The Morgan fingerprint density at radius 3 is 1.43 bits per heavy atom. The Kier molecular flexibility index (Phi) is 1.73. The van der Waals surface area contributed by atoms with Crippen molar-refractivity contribution in [3.05, 3.63) is 5.92 Å². The zero-order valence-corrected chi connectivity index (χ0v) is 4.76. The Balaban J connectivity index is 3.54. The molecule has 1 radical (unpaired) electrons. The van der Waals surface area contributed by atoms with Gasteiger partial charge in [-0.2, -0.15) is 0 Å². The summed E-state index contributed by atoms with van der Waals surface area (Å²) >= 11 is 0. The highest BCUT2D eigenvalue weighted by Crippen LogP contribution is 2.23. The maximum absolute atomic E-state index is 11.8. The van der Waals surface area contributed by atoms with Crippen LogP contribution in [0.25, 0.3) is 0 Å². The van der Waals surface area contributed by atoms with Crippen LogP contribution < -0.4 is 0 Å². The summed E-state index contributed by atoms with van der Waals surface area (Å²) in [5.74, 6) is -2.42. The average Bonchev–Trinajstić information content (AvgIpc) is 1.31. The molecule has 0 fully saturated rings. The number of halogens is 2. The van der Waals surface area contributed by atoms with E-state index in [1.54, 1.807) is 0 Å². The summed E-state index contributed by atoms with van der Waals surface area (Å²) in [7, 11) is 0. The molecule has 0 aliphatic heterocycles. The zero-order chi connectivity index (χ0) is 6.08. The summed E-state index contributed by atoms with van der Waals surface area (Å²) in [6.07, 6.45) is 0. The fraction of sp³-hybridized carbons (Fsp3) is 0.800. The molecule has 0 aromatic carbocycles. The molecule has 0 amide bonds. The van der Waals surface area contributed by atoms with Gasteiger partial charge in [0, 0.05) is 5.92 Å². The van der Waals surface area contributed by atoms with Crippen LogP contribution in [-0.2, 0) is 0 Å². The van der Waals surface area contributed by atoms with E-state index in [9.17, 15) is 8.78 Å². The van der Waals surface area contributed by atoms with Crippen molar-refractivity contribution in [2.24, 2.45) is 0 Å². The quantitative estimate of drug-likeness (QED) is 0.482. The molecule has 0 saturated carbocycles. The molecule has 0 N–H and O–H groups in total. The van der Waals surface area contributed by atoms with Gasteiger partial charge in [0.1, 0.15) is 0 Å². The summed E-state index contributed by atoms with van der Waals surface area (Å²) in [6.45, 7) is 3.72. The van der Waals surface area contributed by atoms with Crippen LogP contribution in [0, 0.1) is 5.92 Å². The Morgan fingerprint density at radius 2 is 1.43 bits per heavy atom. The first-order chi connectivity index (χ1) is 2.94. The highest BCUT2D eigenvalue weighted by atomic mass is 19.3. The van der Waals surface area contributed by atoms with E-state index in [4.69, 9.17) is 0 Å². The van der Waals surface area contributed by atoms with E-state index in [1.807, 2.05) is 0 Å². The molecule has 0 aliphatic rings. The number of rotatable bonds is 1. The minimum absolute atomic E-state index is 0.160. The lowest BCUT2D eigenvalue weighted by Gasteiger charge is -2.11. The van der Waals surface area contributed by atoms with Crippen LogP contribution in [0.5, 0.6) is 0 Å². The second-order valence-corrected chi connectivity index (χ2v) is 1.89. The summed E-state index contributed by atoms with van der Waals surface area (Å²) in [5.41, 5.74) is 0. The van der Waals surface area contributed by atoms with Crippen LogP contribution in [0.4, 0.5) is 8.78 Å². The fourth-order valence-electron chi connectivity index (χ4n) is 0. The van der Waals surface area contributed by atoms with Crippen LogP contribution in [0.15, 0.2) is 0 Å². The highest BCUT2D eigenvalue weighted by molar-refractivity contribution is 4.90. The summed E-state index contributed by atoms with van der Waals surface area (Å²) in [4.78, 5) is 0. The van der Waals surface area contributed by atoms with Crippen molar-refractivity contribution in [2.45, 2.75) is 26.7 Å². The second-order valence-electron chi connectivity index (χ2n) is 1.89. The lowest BCUT2D eigenvalue weighted by molar-refractivity contribution is 0.0395. The largest absolute Gasteiger partial charge is 0.251 e. The molecule has 0 saturated heterocycles. The van der Waals surface area contributed by atoms with Gasteiger partial charge in [0.15, 0.2) is 0 Å². The lowest BCUT2D eigenvalue weighted by Crippen LogP contribution is -2.15. The molecule has 0 aromatic rings. The highest BCUT2D eigenvalue weighted by Gasteiger charge is 2.25. The first-order valence-electron chi connectivity index (χ1n) is 2.13. The SMILES string of the molecule is C[C](C)C(C)(F)F. The van der Waals surface area contributed by atoms with Crippen molar-refractivity contribution < 1.29 is 8.78 Å². The van der Waals surface area contributed by atoms with Crippen LogP contribution >= 0.6 is 0 Å². The predicted octanol–water partition coefficient (Wildman–Crippen LogP) is 2.26.